The molecule has 0 saturated carbocycles. The molecule has 1 aliphatic rings. The zero-order valence-corrected chi connectivity index (χ0v) is 17.1. The van der Waals surface area contributed by atoms with Gasteiger partial charge in [0.25, 0.3) is 5.56 Å². The second kappa shape index (κ2) is 7.55. The highest BCUT2D eigenvalue weighted by Gasteiger charge is 2.28. The lowest BCUT2D eigenvalue weighted by atomic mass is 9.99. The highest BCUT2D eigenvalue weighted by atomic mass is 32.1. The molecule has 2 N–H and O–H groups in total. The summed E-state index contributed by atoms with van der Waals surface area (Å²) in [5.74, 6) is 1.33. The lowest BCUT2D eigenvalue weighted by Gasteiger charge is -2.17. The molecule has 1 aliphatic heterocycles. The van der Waals surface area contributed by atoms with Gasteiger partial charge in [-0.15, -0.1) is 0 Å². The summed E-state index contributed by atoms with van der Waals surface area (Å²) in [5, 5.41) is 14.7. The van der Waals surface area contributed by atoms with E-state index in [9.17, 15) is 9.90 Å². The predicted molar refractivity (Wildman–Crippen MR) is 106 cm³/mol. The van der Waals surface area contributed by atoms with E-state index in [2.05, 4.69) is 10.5 Å². The molecule has 2 aromatic rings. The van der Waals surface area contributed by atoms with Crippen molar-refractivity contribution in [3.05, 3.63) is 38.4 Å². The number of hydrazone groups is 1. The van der Waals surface area contributed by atoms with E-state index in [1.54, 1.807) is 28.3 Å². The molecule has 0 unspecified atom stereocenters. The number of methoxy groups -OCH3 is 3. The molecule has 0 bridgehead atoms. The molecule has 1 aromatic heterocycles. The number of benzene rings is 1. The lowest BCUT2D eigenvalue weighted by Crippen LogP contribution is -2.28. The monoisotopic (exact) mass is 406 g/mol. The number of aromatic hydroxyl groups is 1. The van der Waals surface area contributed by atoms with Gasteiger partial charge in [-0.2, -0.15) is 5.10 Å². The van der Waals surface area contributed by atoms with Gasteiger partial charge in [-0.3, -0.25) is 13.9 Å². The summed E-state index contributed by atoms with van der Waals surface area (Å²) in [6.45, 7) is 0. The van der Waals surface area contributed by atoms with Crippen LogP contribution in [0.3, 0.4) is 0 Å². The van der Waals surface area contributed by atoms with Gasteiger partial charge >= 0.3 is 0 Å². The van der Waals surface area contributed by atoms with Crippen molar-refractivity contribution >= 4 is 17.9 Å². The molecule has 0 spiro atoms. The van der Waals surface area contributed by atoms with Gasteiger partial charge in [0.15, 0.2) is 16.3 Å². The van der Waals surface area contributed by atoms with Crippen LogP contribution in [0.5, 0.6) is 23.1 Å². The lowest BCUT2D eigenvalue weighted by molar-refractivity contribution is 0.323. The van der Waals surface area contributed by atoms with Crippen LogP contribution in [-0.4, -0.2) is 41.3 Å². The van der Waals surface area contributed by atoms with E-state index in [4.69, 9.17) is 26.4 Å². The summed E-state index contributed by atoms with van der Waals surface area (Å²) in [7, 11) is 7.79. The maximum atomic E-state index is 12.6. The van der Waals surface area contributed by atoms with Crippen molar-refractivity contribution in [1.29, 1.82) is 0 Å². The standard InChI is InChI=1S/C18H22N4O5S/c1-21-16(23)14(17(24)22(2)18(21)28)11-8-10(19-20-11)9-6-12(25-3)15(27-5)13(7-9)26-4/h6-7,10,19,23H,8H2,1-5H3/t10-/m1/s1. The Bertz CT molecular complexity index is 1050. The average Bonchev–Trinajstić information content (AvgIpc) is 3.19. The first-order chi connectivity index (χ1) is 13.3. The Morgan fingerprint density at radius 2 is 1.75 bits per heavy atom. The van der Waals surface area contributed by atoms with Gasteiger partial charge in [0, 0.05) is 20.5 Å². The van der Waals surface area contributed by atoms with E-state index in [-0.39, 0.29) is 22.3 Å². The Morgan fingerprint density at radius 3 is 2.29 bits per heavy atom. The van der Waals surface area contributed by atoms with Crippen LogP contribution in [0.4, 0.5) is 0 Å². The van der Waals surface area contributed by atoms with Crippen LogP contribution < -0.4 is 25.2 Å². The van der Waals surface area contributed by atoms with Crippen molar-refractivity contribution in [3.8, 4) is 23.1 Å². The molecule has 9 nitrogen and oxygen atoms in total. The molecule has 0 radical (unpaired) electrons. The summed E-state index contributed by atoms with van der Waals surface area (Å²) in [4.78, 5) is 12.6. The first kappa shape index (κ1) is 19.7. The molecule has 1 aromatic carbocycles. The van der Waals surface area contributed by atoms with Gasteiger partial charge in [0.05, 0.1) is 33.1 Å². The Kier molecular flexibility index (Phi) is 5.32. The van der Waals surface area contributed by atoms with Crippen molar-refractivity contribution in [3.63, 3.8) is 0 Å². The Hall–Kier alpha value is -3.01. The van der Waals surface area contributed by atoms with Gasteiger partial charge in [-0.1, -0.05) is 0 Å². The van der Waals surface area contributed by atoms with E-state index >= 15 is 0 Å². The van der Waals surface area contributed by atoms with Gasteiger partial charge in [-0.05, 0) is 29.9 Å². The first-order valence-corrected chi connectivity index (χ1v) is 8.86. The van der Waals surface area contributed by atoms with Crippen molar-refractivity contribution in [2.75, 3.05) is 21.3 Å². The predicted octanol–water partition coefficient (Wildman–Crippen LogP) is 1.62. The number of hydrogen-bond acceptors (Lipinski definition) is 8. The minimum Gasteiger partial charge on any atom is -0.494 e. The number of rotatable bonds is 5. The van der Waals surface area contributed by atoms with Crippen LogP contribution in [0.25, 0.3) is 0 Å². The highest BCUT2D eigenvalue weighted by Crippen LogP contribution is 2.41. The van der Waals surface area contributed by atoms with E-state index in [0.717, 1.165) is 5.56 Å². The summed E-state index contributed by atoms with van der Waals surface area (Å²) in [6.07, 6.45) is 0.387. The van der Waals surface area contributed by atoms with Crippen molar-refractivity contribution in [2.24, 2.45) is 19.2 Å². The zero-order valence-electron chi connectivity index (χ0n) is 16.3. The number of aromatic nitrogens is 2. The quantitative estimate of drug-likeness (QED) is 0.728. The first-order valence-electron chi connectivity index (χ1n) is 8.45. The van der Waals surface area contributed by atoms with Crippen LogP contribution in [0.15, 0.2) is 22.0 Å². The molecule has 0 aliphatic carbocycles. The average molecular weight is 406 g/mol. The Morgan fingerprint density at radius 1 is 1.14 bits per heavy atom. The molecule has 0 saturated heterocycles. The third-order valence-electron chi connectivity index (χ3n) is 4.76. The Balaban J connectivity index is 2.00. The third kappa shape index (κ3) is 3.09. The normalized spacial score (nSPS) is 15.8. The molecule has 150 valence electrons. The summed E-state index contributed by atoms with van der Waals surface area (Å²) >= 11 is 5.15. The number of nitrogens with zero attached hydrogens (tertiary/aromatic N) is 3. The molecule has 0 fully saturated rings. The van der Waals surface area contributed by atoms with E-state index in [1.807, 2.05) is 12.1 Å². The van der Waals surface area contributed by atoms with Crippen LogP contribution >= 0.6 is 12.2 Å². The van der Waals surface area contributed by atoms with E-state index in [0.29, 0.717) is 29.4 Å². The molecule has 28 heavy (non-hydrogen) atoms. The van der Waals surface area contributed by atoms with Crippen molar-refractivity contribution < 1.29 is 19.3 Å². The largest absolute Gasteiger partial charge is 0.494 e. The minimum atomic E-state index is -0.397. The third-order valence-corrected chi connectivity index (χ3v) is 5.31. The second-order valence-electron chi connectivity index (χ2n) is 6.31. The number of nitrogens with one attached hydrogen (secondary N) is 1. The number of ether oxygens (including phenoxy) is 3. The van der Waals surface area contributed by atoms with E-state index < -0.39 is 5.56 Å². The van der Waals surface area contributed by atoms with Crippen LogP contribution in [0, 0.1) is 4.77 Å². The zero-order chi connectivity index (χ0) is 20.6. The smallest absolute Gasteiger partial charge is 0.267 e. The van der Waals surface area contributed by atoms with E-state index in [1.165, 1.54) is 16.2 Å². The maximum Gasteiger partial charge on any atom is 0.267 e. The van der Waals surface area contributed by atoms with Crippen LogP contribution in [-0.2, 0) is 14.1 Å². The van der Waals surface area contributed by atoms with Crippen LogP contribution in [0.1, 0.15) is 23.6 Å². The van der Waals surface area contributed by atoms with Gasteiger partial charge in [0.2, 0.25) is 11.6 Å². The molecule has 10 heteroatoms. The van der Waals surface area contributed by atoms with Crippen molar-refractivity contribution in [1.82, 2.24) is 14.6 Å². The molecule has 2 heterocycles. The number of hydrogen-bond donors (Lipinski definition) is 2. The molecule has 1 atom stereocenters. The topological polar surface area (TPSA) is 99.2 Å². The summed E-state index contributed by atoms with van der Waals surface area (Å²) < 4.78 is 19.0. The second-order valence-corrected chi connectivity index (χ2v) is 6.67. The van der Waals surface area contributed by atoms with Crippen molar-refractivity contribution in [2.45, 2.75) is 12.5 Å². The Labute approximate surface area is 166 Å². The highest BCUT2D eigenvalue weighted by molar-refractivity contribution is 7.71. The SMILES string of the molecule is COc1cc([C@H]2CC(c3c(O)n(C)c(=S)n(C)c3=O)=NN2)cc(OC)c1OC. The van der Waals surface area contributed by atoms with Gasteiger partial charge < -0.3 is 24.7 Å². The molecular weight excluding hydrogens is 384 g/mol. The minimum absolute atomic E-state index is 0.126. The summed E-state index contributed by atoms with van der Waals surface area (Å²) in [6, 6.07) is 3.41. The van der Waals surface area contributed by atoms with Gasteiger partial charge in [0.1, 0.15) is 5.56 Å². The fraction of sp³-hybridized carbons (Fsp3) is 0.389. The van der Waals surface area contributed by atoms with Gasteiger partial charge in [-0.25, -0.2) is 0 Å². The summed E-state index contributed by atoms with van der Waals surface area (Å²) in [5.41, 5.74) is 4.03. The maximum absolute atomic E-state index is 12.6. The fourth-order valence-electron chi connectivity index (χ4n) is 3.18. The molecule has 3 rings (SSSR count). The molecular formula is C18H22N4O5S. The fourth-order valence-corrected chi connectivity index (χ4v) is 3.35. The van der Waals surface area contributed by atoms with Crippen LogP contribution in [0.2, 0.25) is 0 Å². The molecule has 0 amide bonds.